The Balaban J connectivity index is 0.000000397. The molecule has 1 aliphatic rings. The molecular formula is C8H14O9S. The first-order chi connectivity index (χ1) is 8.25. The van der Waals surface area contributed by atoms with Crippen molar-refractivity contribution >= 4 is 22.1 Å². The Morgan fingerprint density at radius 3 is 1.67 bits per heavy atom. The normalized spacial score (nSPS) is 17.2. The van der Waals surface area contributed by atoms with Gasteiger partial charge in [0.05, 0.1) is 19.6 Å². The second-order valence-electron chi connectivity index (χ2n) is 3.29. The van der Waals surface area contributed by atoms with E-state index in [-0.39, 0.29) is 0 Å². The Kier molecular flexibility index (Phi) is 7.43. The van der Waals surface area contributed by atoms with Crippen molar-refractivity contribution in [2.24, 2.45) is 0 Å². The predicted molar refractivity (Wildman–Crippen MR) is 56.4 cm³/mol. The molecule has 1 fully saturated rings. The number of carboxylic acid groups (broad SMARTS) is 2. The summed E-state index contributed by atoms with van der Waals surface area (Å²) >= 11 is 0. The molecule has 0 amide bonds. The molecule has 0 aromatic carbocycles. The highest BCUT2D eigenvalue weighted by Crippen LogP contribution is 2.04. The van der Waals surface area contributed by atoms with Crippen LogP contribution >= 0.6 is 0 Å². The van der Waals surface area contributed by atoms with Gasteiger partial charge in [-0.1, -0.05) is 0 Å². The number of hydrogen-bond donors (Lipinski definition) is 3. The zero-order valence-corrected chi connectivity index (χ0v) is 10.1. The fourth-order valence-electron chi connectivity index (χ4n) is 0.918. The number of aliphatic carboxylic acids is 2. The van der Waals surface area contributed by atoms with Crippen molar-refractivity contribution < 1.29 is 42.5 Å². The van der Waals surface area contributed by atoms with E-state index in [1.807, 2.05) is 0 Å². The van der Waals surface area contributed by atoms with Crippen LogP contribution in [0.1, 0.15) is 19.3 Å². The lowest BCUT2D eigenvalue weighted by molar-refractivity contribution is -0.312. The summed E-state index contributed by atoms with van der Waals surface area (Å²) in [5.41, 5.74) is 0. The highest BCUT2D eigenvalue weighted by atomic mass is 32.2. The molecule has 1 atom stereocenters. The summed E-state index contributed by atoms with van der Waals surface area (Å²) in [5, 5.41) is 13.9. The second kappa shape index (κ2) is 7.97. The lowest BCUT2D eigenvalue weighted by Crippen LogP contribution is -2.31. The largest absolute Gasteiger partial charge is 0.481 e. The molecule has 1 rings (SSSR count). The summed E-state index contributed by atoms with van der Waals surface area (Å²) in [7, 11) is -4.84. The molecule has 0 aliphatic carbocycles. The van der Waals surface area contributed by atoms with Crippen LogP contribution in [0.4, 0.5) is 0 Å². The number of carbonyl (C=O) groups is 2. The summed E-state index contributed by atoms with van der Waals surface area (Å²) in [4.78, 5) is 29.1. The third kappa shape index (κ3) is 7.95. The first-order valence-corrected chi connectivity index (χ1v) is 6.40. The smallest absolute Gasteiger partial charge is 0.325 e. The Morgan fingerprint density at radius 2 is 1.56 bits per heavy atom. The van der Waals surface area contributed by atoms with Crippen LogP contribution in [0.3, 0.4) is 0 Å². The molecular weight excluding hydrogens is 272 g/mol. The van der Waals surface area contributed by atoms with E-state index in [1.165, 1.54) is 0 Å². The van der Waals surface area contributed by atoms with Gasteiger partial charge in [-0.15, -0.1) is 0 Å². The van der Waals surface area contributed by atoms with E-state index in [0.717, 1.165) is 26.1 Å². The molecule has 1 heterocycles. The Hall–Kier alpha value is -1.23. The van der Waals surface area contributed by atoms with Gasteiger partial charge in [0, 0.05) is 0 Å². The van der Waals surface area contributed by atoms with Gasteiger partial charge < -0.3 is 10.2 Å². The Morgan fingerprint density at radius 1 is 1.11 bits per heavy atom. The van der Waals surface area contributed by atoms with Crippen LogP contribution in [0.25, 0.3) is 0 Å². The first kappa shape index (κ1) is 16.8. The SMILES string of the molecule is C1CCOOC1.O=C(O)CC(C(=O)O)S(=O)(=O)O. The molecule has 10 heteroatoms. The average molecular weight is 286 g/mol. The molecule has 1 aliphatic heterocycles. The lowest BCUT2D eigenvalue weighted by atomic mass is 10.3. The van der Waals surface area contributed by atoms with Crippen LogP contribution in [0.2, 0.25) is 0 Å². The van der Waals surface area contributed by atoms with Gasteiger partial charge >= 0.3 is 11.9 Å². The quantitative estimate of drug-likeness (QED) is 0.460. The standard InChI is InChI=1S/C4H6O7S.C4H8O2/c5-3(6)1-2(4(7)8)12(9,10)11;1-2-4-6-5-3-1/h2H,1H2,(H,5,6)(H,7,8)(H,9,10,11);1-4H2. The number of rotatable bonds is 4. The molecule has 18 heavy (non-hydrogen) atoms. The molecule has 9 nitrogen and oxygen atoms in total. The van der Waals surface area contributed by atoms with Gasteiger partial charge in [-0.2, -0.15) is 8.42 Å². The predicted octanol–water partition coefficient (Wildman–Crippen LogP) is -0.469. The van der Waals surface area contributed by atoms with E-state index in [1.54, 1.807) is 0 Å². The van der Waals surface area contributed by atoms with Crippen LogP contribution < -0.4 is 0 Å². The van der Waals surface area contributed by atoms with Crippen LogP contribution in [0.5, 0.6) is 0 Å². The summed E-state index contributed by atoms with van der Waals surface area (Å²) < 4.78 is 28.7. The highest BCUT2D eigenvalue weighted by molar-refractivity contribution is 7.87. The second-order valence-corrected chi connectivity index (χ2v) is 4.89. The monoisotopic (exact) mass is 286 g/mol. The maximum absolute atomic E-state index is 10.2. The van der Waals surface area contributed by atoms with Crippen LogP contribution in [0, 0.1) is 0 Å². The van der Waals surface area contributed by atoms with Gasteiger partial charge in [-0.3, -0.25) is 14.1 Å². The minimum absolute atomic E-state index is 0.778. The van der Waals surface area contributed by atoms with E-state index < -0.39 is 33.7 Å². The minimum atomic E-state index is -4.84. The van der Waals surface area contributed by atoms with Gasteiger partial charge in [-0.25, -0.2) is 9.78 Å². The third-order valence-electron chi connectivity index (χ3n) is 1.78. The van der Waals surface area contributed by atoms with Crippen molar-refractivity contribution in [2.45, 2.75) is 24.5 Å². The average Bonchev–Trinajstić information content (AvgIpc) is 2.27. The molecule has 0 bridgehead atoms. The van der Waals surface area contributed by atoms with Gasteiger partial charge in [0.1, 0.15) is 0 Å². The van der Waals surface area contributed by atoms with Crippen molar-refractivity contribution in [2.75, 3.05) is 13.2 Å². The van der Waals surface area contributed by atoms with E-state index in [2.05, 4.69) is 9.78 Å². The van der Waals surface area contributed by atoms with Crippen molar-refractivity contribution in [3.05, 3.63) is 0 Å². The van der Waals surface area contributed by atoms with Crippen molar-refractivity contribution in [1.29, 1.82) is 0 Å². The third-order valence-corrected chi connectivity index (χ3v) is 2.87. The summed E-state index contributed by atoms with van der Waals surface area (Å²) in [6.45, 7) is 1.56. The first-order valence-electron chi connectivity index (χ1n) is 4.90. The molecule has 0 spiro atoms. The molecule has 1 unspecified atom stereocenters. The fourth-order valence-corrected chi connectivity index (χ4v) is 1.53. The van der Waals surface area contributed by atoms with Gasteiger partial charge in [-0.05, 0) is 12.8 Å². The zero-order chi connectivity index (χ0) is 14.2. The molecule has 0 radical (unpaired) electrons. The van der Waals surface area contributed by atoms with Crippen LogP contribution in [-0.2, 0) is 29.5 Å². The minimum Gasteiger partial charge on any atom is -0.481 e. The number of hydrogen-bond acceptors (Lipinski definition) is 6. The molecule has 106 valence electrons. The van der Waals surface area contributed by atoms with Crippen molar-refractivity contribution in [3.63, 3.8) is 0 Å². The van der Waals surface area contributed by atoms with E-state index in [9.17, 15) is 18.0 Å². The van der Waals surface area contributed by atoms with Crippen molar-refractivity contribution in [1.82, 2.24) is 0 Å². The highest BCUT2D eigenvalue weighted by Gasteiger charge is 2.33. The maximum Gasteiger partial charge on any atom is 0.325 e. The zero-order valence-electron chi connectivity index (χ0n) is 9.31. The van der Waals surface area contributed by atoms with Crippen LogP contribution in [-0.4, -0.2) is 53.6 Å². The fraction of sp³-hybridized carbons (Fsp3) is 0.750. The maximum atomic E-state index is 10.2. The summed E-state index contributed by atoms with van der Waals surface area (Å²) in [6, 6.07) is 0. The van der Waals surface area contributed by atoms with E-state index in [0.29, 0.717) is 0 Å². The molecule has 0 aromatic rings. The van der Waals surface area contributed by atoms with E-state index >= 15 is 0 Å². The molecule has 0 saturated carbocycles. The Bertz CT molecular complexity index is 359. The number of carboxylic acids is 2. The van der Waals surface area contributed by atoms with Gasteiger partial charge in [0.25, 0.3) is 10.1 Å². The van der Waals surface area contributed by atoms with Crippen LogP contribution in [0.15, 0.2) is 0 Å². The lowest BCUT2D eigenvalue weighted by Gasteiger charge is -2.07. The van der Waals surface area contributed by atoms with Gasteiger partial charge in [0.15, 0.2) is 5.25 Å². The van der Waals surface area contributed by atoms with Crippen molar-refractivity contribution in [3.8, 4) is 0 Å². The topological polar surface area (TPSA) is 147 Å². The molecule has 1 saturated heterocycles. The molecule has 0 aromatic heterocycles. The van der Waals surface area contributed by atoms with Gasteiger partial charge in [0.2, 0.25) is 0 Å². The summed E-state index contributed by atoms with van der Waals surface area (Å²) in [6.07, 6.45) is 1.15. The molecule has 3 N–H and O–H groups in total. The Labute approximate surface area is 103 Å². The van der Waals surface area contributed by atoms with E-state index in [4.69, 9.17) is 14.8 Å². The summed E-state index contributed by atoms with van der Waals surface area (Å²) in [5.74, 6) is -3.50.